The number of nitrogens with two attached hydrogens (primary N) is 1. The molecule has 5 nitrogen and oxygen atoms in total. The van der Waals surface area contributed by atoms with E-state index in [1.807, 2.05) is 24.3 Å². The lowest BCUT2D eigenvalue weighted by molar-refractivity contribution is 0.606. The molecule has 4 rings (SSSR count). The summed E-state index contributed by atoms with van der Waals surface area (Å²) in [5.74, 6) is 1.40. The fourth-order valence-corrected chi connectivity index (χ4v) is 3.48. The molecule has 1 aliphatic carbocycles. The van der Waals surface area contributed by atoms with Crippen molar-refractivity contribution >= 4 is 56.9 Å². The van der Waals surface area contributed by atoms with Crippen LogP contribution in [0.25, 0.3) is 33.3 Å². The van der Waals surface area contributed by atoms with Gasteiger partial charge in [0.15, 0.2) is 11.3 Å². The van der Waals surface area contributed by atoms with Crippen molar-refractivity contribution in [2.45, 2.75) is 26.7 Å². The van der Waals surface area contributed by atoms with E-state index in [4.69, 9.17) is 15.1 Å². The third kappa shape index (κ3) is 5.76. The van der Waals surface area contributed by atoms with Crippen molar-refractivity contribution in [1.82, 2.24) is 4.98 Å². The van der Waals surface area contributed by atoms with Crippen molar-refractivity contribution in [3.63, 3.8) is 0 Å². The van der Waals surface area contributed by atoms with E-state index < -0.39 is 0 Å². The van der Waals surface area contributed by atoms with Crippen molar-refractivity contribution in [2.24, 2.45) is 16.6 Å². The first-order chi connectivity index (χ1) is 14.2. The molecule has 3 N–H and O–H groups in total. The minimum atomic E-state index is 0. The molecule has 2 aromatic carbocycles. The second-order valence-electron chi connectivity index (χ2n) is 7.82. The molecule has 0 fully saturated rings. The Balaban J connectivity index is 0.00000171. The molecule has 166 valence electrons. The first-order valence-corrected chi connectivity index (χ1v) is 10.4. The number of benzene rings is 3. The monoisotopic (exact) mass is 504 g/mol. The maximum absolute atomic E-state index is 6.28. The van der Waals surface area contributed by atoms with E-state index in [9.17, 15) is 0 Å². The lowest BCUT2D eigenvalue weighted by Crippen LogP contribution is -2.07. The van der Waals surface area contributed by atoms with Gasteiger partial charge in [0.25, 0.3) is 0 Å². The second kappa shape index (κ2) is 11.5. The van der Waals surface area contributed by atoms with Crippen molar-refractivity contribution in [1.29, 1.82) is 0 Å². The molecular weight excluding hydrogens is 476 g/mol. The van der Waals surface area contributed by atoms with Gasteiger partial charge in [0, 0.05) is 41.7 Å². The summed E-state index contributed by atoms with van der Waals surface area (Å²) in [5, 5.41) is 6.74. The highest BCUT2D eigenvalue weighted by atomic mass is 79.9. The maximum atomic E-state index is 6.28. The number of fused-ring (bicyclic) bond motifs is 4. The first-order valence-electron chi connectivity index (χ1n) is 10.4. The maximum Gasteiger partial charge on any atom is 0.155 e. The topological polar surface area (TPSA) is 76.4 Å². The molecule has 0 atom stereocenters. The standard InChI is InChI=1S/C24H28N4O.BrH.ClH/c1-16(2)10-13-27-21-15-23-24(19-7-4-3-6-18(19)21)28-20-9-8-17(14-22(20)29-23)26-12-5-11-25;;/h3-4,6-9,14-16,27H,5,10-13,25H2,1-2H3;2*1H. The van der Waals surface area contributed by atoms with Crippen molar-refractivity contribution < 1.29 is 4.42 Å². The van der Waals surface area contributed by atoms with Gasteiger partial charge in [-0.15, -0.1) is 29.4 Å². The Labute approximate surface area is 199 Å². The zero-order valence-corrected chi connectivity index (χ0v) is 20.5. The summed E-state index contributed by atoms with van der Waals surface area (Å²) in [4.78, 5) is 9.48. The summed E-state index contributed by atoms with van der Waals surface area (Å²) in [6.07, 6.45) is 2.00. The molecule has 7 heteroatoms. The van der Waals surface area contributed by atoms with Crippen LogP contribution in [0.5, 0.6) is 0 Å². The smallest absolute Gasteiger partial charge is 0.155 e. The van der Waals surface area contributed by atoms with Gasteiger partial charge in [-0.05, 0) is 37.4 Å². The van der Waals surface area contributed by atoms with E-state index >= 15 is 0 Å². The van der Waals surface area contributed by atoms with Gasteiger partial charge in [0.05, 0.1) is 5.36 Å². The molecule has 2 aromatic rings. The van der Waals surface area contributed by atoms with E-state index in [1.54, 1.807) is 0 Å². The highest BCUT2D eigenvalue weighted by Gasteiger charge is 2.14. The van der Waals surface area contributed by atoms with Crippen LogP contribution in [-0.2, 0) is 0 Å². The lowest BCUT2D eigenvalue weighted by Gasteiger charge is -2.14. The van der Waals surface area contributed by atoms with Gasteiger partial charge in [-0.1, -0.05) is 38.1 Å². The highest BCUT2D eigenvalue weighted by Crippen LogP contribution is 2.34. The summed E-state index contributed by atoms with van der Waals surface area (Å²) in [5.41, 5.74) is 9.15. The SMILES string of the molecule is Br.CC(C)CCNc1cc2oc3cc(=NCCCN)ccc-3nc2c2ccccc12.Cl. The molecule has 0 amide bonds. The number of anilines is 1. The van der Waals surface area contributed by atoms with E-state index in [1.165, 1.54) is 5.39 Å². The summed E-state index contributed by atoms with van der Waals surface area (Å²) in [7, 11) is 0. The highest BCUT2D eigenvalue weighted by molar-refractivity contribution is 8.93. The third-order valence-electron chi connectivity index (χ3n) is 5.07. The number of halogens is 2. The number of aromatic nitrogens is 1. The predicted molar refractivity (Wildman–Crippen MR) is 138 cm³/mol. The molecule has 0 radical (unpaired) electrons. The molecule has 2 aliphatic rings. The number of hydrogen-bond donors (Lipinski definition) is 2. The zero-order chi connectivity index (χ0) is 20.2. The Kier molecular flexibility index (Phi) is 9.29. The molecule has 0 aromatic heterocycles. The van der Waals surface area contributed by atoms with Gasteiger partial charge < -0.3 is 15.5 Å². The van der Waals surface area contributed by atoms with Crippen LogP contribution in [-0.4, -0.2) is 24.6 Å². The van der Waals surface area contributed by atoms with E-state index in [0.29, 0.717) is 12.5 Å². The Morgan fingerprint density at radius 1 is 1.10 bits per heavy atom. The summed E-state index contributed by atoms with van der Waals surface area (Å²) >= 11 is 0. The molecule has 0 unspecified atom stereocenters. The zero-order valence-electron chi connectivity index (χ0n) is 17.9. The quantitative estimate of drug-likeness (QED) is 0.189. The number of rotatable bonds is 7. The fourth-order valence-electron chi connectivity index (χ4n) is 3.48. The van der Waals surface area contributed by atoms with E-state index in [-0.39, 0.29) is 29.4 Å². The second-order valence-corrected chi connectivity index (χ2v) is 7.82. The van der Waals surface area contributed by atoms with Crippen LogP contribution in [0.15, 0.2) is 57.9 Å². The molecule has 0 bridgehead atoms. The summed E-state index contributed by atoms with van der Waals surface area (Å²) in [6.45, 7) is 6.77. The van der Waals surface area contributed by atoms with Crippen molar-refractivity contribution in [3.05, 3.63) is 53.9 Å². The predicted octanol–water partition coefficient (Wildman–Crippen LogP) is 5.79. The van der Waals surface area contributed by atoms with Crippen molar-refractivity contribution in [2.75, 3.05) is 25.0 Å². The number of nitrogens with one attached hydrogen (secondary N) is 1. The van der Waals surface area contributed by atoms with E-state index in [0.717, 1.165) is 64.9 Å². The fraction of sp³-hybridized carbons (Fsp3) is 0.333. The molecule has 1 heterocycles. The first kappa shape index (κ1) is 25.1. The largest absolute Gasteiger partial charge is 0.453 e. The van der Waals surface area contributed by atoms with Gasteiger partial charge in [-0.3, -0.25) is 4.99 Å². The molecule has 0 saturated carbocycles. The van der Waals surface area contributed by atoms with Crippen LogP contribution in [0.4, 0.5) is 5.69 Å². The van der Waals surface area contributed by atoms with Crippen LogP contribution in [0.3, 0.4) is 0 Å². The van der Waals surface area contributed by atoms with Gasteiger partial charge in [0.1, 0.15) is 11.2 Å². The van der Waals surface area contributed by atoms with Crippen LogP contribution < -0.4 is 16.4 Å². The molecule has 0 saturated heterocycles. The van der Waals surface area contributed by atoms with Gasteiger partial charge in [0.2, 0.25) is 0 Å². The molecule has 31 heavy (non-hydrogen) atoms. The molecule has 1 aliphatic heterocycles. The van der Waals surface area contributed by atoms with Crippen molar-refractivity contribution in [3.8, 4) is 11.5 Å². The van der Waals surface area contributed by atoms with Crippen LogP contribution in [0.2, 0.25) is 0 Å². The van der Waals surface area contributed by atoms with Crippen LogP contribution in [0, 0.1) is 5.92 Å². The summed E-state index contributed by atoms with van der Waals surface area (Å²) in [6, 6.07) is 16.3. The average Bonchev–Trinajstić information content (AvgIpc) is 2.72. The Bertz CT molecular complexity index is 1180. The van der Waals surface area contributed by atoms with Gasteiger partial charge in [-0.25, -0.2) is 4.98 Å². The third-order valence-corrected chi connectivity index (χ3v) is 5.07. The van der Waals surface area contributed by atoms with Gasteiger partial charge in [-0.2, -0.15) is 0 Å². The summed E-state index contributed by atoms with van der Waals surface area (Å²) < 4.78 is 6.28. The lowest BCUT2D eigenvalue weighted by atomic mass is 10.1. The molecular formula is C24H30BrClN4O. The normalized spacial score (nSPS) is 11.7. The van der Waals surface area contributed by atoms with Crippen LogP contribution in [0.1, 0.15) is 26.7 Å². The Morgan fingerprint density at radius 2 is 1.87 bits per heavy atom. The minimum absolute atomic E-state index is 0. The Hall–Kier alpha value is -2.15. The molecule has 0 spiro atoms. The number of nitrogens with zero attached hydrogens (tertiary/aromatic N) is 2. The minimum Gasteiger partial charge on any atom is -0.453 e. The van der Waals surface area contributed by atoms with Crippen LogP contribution >= 0.6 is 29.4 Å². The average molecular weight is 506 g/mol. The van der Waals surface area contributed by atoms with E-state index in [2.05, 4.69) is 48.4 Å². The van der Waals surface area contributed by atoms with Gasteiger partial charge >= 0.3 is 0 Å². The number of hydrogen-bond acceptors (Lipinski definition) is 5. The Morgan fingerprint density at radius 3 is 2.61 bits per heavy atom.